The van der Waals surface area contributed by atoms with Gasteiger partial charge < -0.3 is 5.32 Å². The van der Waals surface area contributed by atoms with Crippen molar-refractivity contribution in [3.63, 3.8) is 0 Å². The molecule has 0 aliphatic carbocycles. The Morgan fingerprint density at radius 1 is 1.42 bits per heavy atom. The zero-order valence-electron chi connectivity index (χ0n) is 11.8. The number of hydrogen-bond donors (Lipinski definition) is 1. The Morgan fingerprint density at radius 3 is 2.63 bits per heavy atom. The highest BCUT2D eigenvalue weighted by molar-refractivity contribution is 6.23. The summed E-state index contributed by atoms with van der Waals surface area (Å²) in [6, 6.07) is -0.180. The second-order valence-electron chi connectivity index (χ2n) is 5.43. The number of imide groups is 1. The third kappa shape index (κ3) is 2.22. The number of carbonyl (C=O) groups excluding carboxylic acids is 2. The molecular formula is C13H20N4O2. The Bertz CT molecular complexity index is 508. The average Bonchev–Trinajstić information content (AvgIpc) is 2.85. The van der Waals surface area contributed by atoms with Crippen molar-refractivity contribution in [3.05, 3.63) is 12.4 Å². The molecule has 2 rings (SSSR count). The Morgan fingerprint density at radius 2 is 2.11 bits per heavy atom. The van der Waals surface area contributed by atoms with Crippen molar-refractivity contribution in [2.45, 2.75) is 52.1 Å². The lowest BCUT2D eigenvalue weighted by atomic mass is 9.96. The molecule has 1 N–H and O–H groups in total. The summed E-state index contributed by atoms with van der Waals surface area (Å²) < 4.78 is 1.73. The van der Waals surface area contributed by atoms with Crippen LogP contribution in [0.1, 0.15) is 46.6 Å². The van der Waals surface area contributed by atoms with Gasteiger partial charge in [0.25, 0.3) is 5.91 Å². The highest BCUT2D eigenvalue weighted by Crippen LogP contribution is 2.27. The number of hydrogen-bond acceptors (Lipinski definition) is 3. The van der Waals surface area contributed by atoms with Gasteiger partial charge in [-0.3, -0.25) is 9.48 Å². The minimum Gasteiger partial charge on any atom is -0.323 e. The molecule has 1 aromatic heterocycles. The standard InChI is InChI=1S/C13H20N4O2/c1-5-6-13(4)11(18)17(12(19)15-13)10-7-14-16(8-10)9(2)3/h7-9H,5-6H2,1-4H3,(H,15,19). The van der Waals surface area contributed by atoms with Crippen LogP contribution in [0.25, 0.3) is 0 Å². The molecule has 0 aromatic carbocycles. The van der Waals surface area contributed by atoms with Crippen molar-refractivity contribution in [2.75, 3.05) is 4.90 Å². The van der Waals surface area contributed by atoms with Crippen LogP contribution in [0.4, 0.5) is 10.5 Å². The summed E-state index contributed by atoms with van der Waals surface area (Å²) in [5.74, 6) is -0.206. The van der Waals surface area contributed by atoms with Crippen molar-refractivity contribution in [1.82, 2.24) is 15.1 Å². The Kier molecular flexibility index (Phi) is 3.34. The molecule has 1 unspecified atom stereocenters. The average molecular weight is 264 g/mol. The summed E-state index contributed by atoms with van der Waals surface area (Å²) in [5.41, 5.74) is -0.276. The van der Waals surface area contributed by atoms with Crippen LogP contribution in [-0.2, 0) is 4.79 Å². The number of anilines is 1. The summed E-state index contributed by atoms with van der Waals surface area (Å²) >= 11 is 0. The molecule has 6 nitrogen and oxygen atoms in total. The molecule has 1 saturated heterocycles. The van der Waals surface area contributed by atoms with E-state index in [1.807, 2.05) is 20.8 Å². The number of nitrogens with one attached hydrogen (secondary N) is 1. The molecule has 3 amide bonds. The van der Waals surface area contributed by atoms with Crippen LogP contribution in [0.3, 0.4) is 0 Å². The first-order valence-electron chi connectivity index (χ1n) is 6.60. The van der Waals surface area contributed by atoms with E-state index in [-0.39, 0.29) is 18.0 Å². The van der Waals surface area contributed by atoms with E-state index >= 15 is 0 Å². The third-order valence-electron chi connectivity index (χ3n) is 3.39. The van der Waals surface area contributed by atoms with E-state index < -0.39 is 5.54 Å². The maximum atomic E-state index is 12.4. The lowest BCUT2D eigenvalue weighted by Gasteiger charge is -2.20. The molecule has 0 radical (unpaired) electrons. The van der Waals surface area contributed by atoms with Crippen molar-refractivity contribution >= 4 is 17.6 Å². The van der Waals surface area contributed by atoms with Gasteiger partial charge >= 0.3 is 6.03 Å². The Balaban J connectivity index is 2.29. The fourth-order valence-corrected chi connectivity index (χ4v) is 2.31. The lowest BCUT2D eigenvalue weighted by molar-refractivity contribution is -0.121. The van der Waals surface area contributed by atoms with Crippen LogP contribution in [0, 0.1) is 0 Å². The van der Waals surface area contributed by atoms with Crippen LogP contribution in [-0.4, -0.2) is 27.3 Å². The molecule has 1 aromatic rings. The number of rotatable bonds is 4. The van der Waals surface area contributed by atoms with Crippen LogP contribution >= 0.6 is 0 Å². The van der Waals surface area contributed by atoms with E-state index in [1.54, 1.807) is 24.0 Å². The zero-order valence-corrected chi connectivity index (χ0v) is 11.8. The first kappa shape index (κ1) is 13.6. The van der Waals surface area contributed by atoms with E-state index in [4.69, 9.17) is 0 Å². The number of urea groups is 1. The van der Waals surface area contributed by atoms with Crippen LogP contribution in [0.5, 0.6) is 0 Å². The first-order valence-corrected chi connectivity index (χ1v) is 6.60. The predicted molar refractivity (Wildman–Crippen MR) is 71.9 cm³/mol. The molecule has 2 heterocycles. The SMILES string of the molecule is CCCC1(C)NC(=O)N(c2cnn(C(C)C)c2)C1=O. The van der Waals surface area contributed by atoms with Gasteiger partial charge in [-0.05, 0) is 27.2 Å². The van der Waals surface area contributed by atoms with Gasteiger partial charge in [0.1, 0.15) is 5.54 Å². The van der Waals surface area contributed by atoms with Gasteiger partial charge in [-0.1, -0.05) is 13.3 Å². The van der Waals surface area contributed by atoms with E-state index in [0.717, 1.165) is 6.42 Å². The molecule has 1 fully saturated rings. The minimum absolute atomic E-state index is 0.191. The van der Waals surface area contributed by atoms with Crippen LogP contribution in [0.15, 0.2) is 12.4 Å². The quantitative estimate of drug-likeness (QED) is 0.847. The summed E-state index contributed by atoms with van der Waals surface area (Å²) in [6.07, 6.45) is 4.74. The van der Waals surface area contributed by atoms with Crippen molar-refractivity contribution in [1.29, 1.82) is 0 Å². The van der Waals surface area contributed by atoms with Gasteiger partial charge in [-0.15, -0.1) is 0 Å². The minimum atomic E-state index is -0.800. The van der Waals surface area contributed by atoms with Gasteiger partial charge in [-0.2, -0.15) is 5.10 Å². The van der Waals surface area contributed by atoms with Crippen LogP contribution < -0.4 is 10.2 Å². The summed E-state index contributed by atoms with van der Waals surface area (Å²) in [6.45, 7) is 7.74. The molecule has 0 bridgehead atoms. The molecule has 1 aliphatic heterocycles. The van der Waals surface area contributed by atoms with E-state index in [9.17, 15) is 9.59 Å². The number of nitrogens with zero attached hydrogens (tertiary/aromatic N) is 3. The number of amides is 3. The maximum Gasteiger partial charge on any atom is 0.329 e. The van der Waals surface area contributed by atoms with Gasteiger partial charge in [0, 0.05) is 12.2 Å². The zero-order chi connectivity index (χ0) is 14.2. The van der Waals surface area contributed by atoms with Gasteiger partial charge in [0.05, 0.1) is 11.9 Å². The molecular weight excluding hydrogens is 244 g/mol. The highest BCUT2D eigenvalue weighted by atomic mass is 16.2. The van der Waals surface area contributed by atoms with Gasteiger partial charge in [0.2, 0.25) is 0 Å². The molecule has 6 heteroatoms. The van der Waals surface area contributed by atoms with Crippen molar-refractivity contribution in [2.24, 2.45) is 0 Å². The molecule has 1 atom stereocenters. The van der Waals surface area contributed by atoms with Crippen molar-refractivity contribution < 1.29 is 9.59 Å². The van der Waals surface area contributed by atoms with Gasteiger partial charge in [0.15, 0.2) is 0 Å². The van der Waals surface area contributed by atoms with Crippen molar-refractivity contribution in [3.8, 4) is 0 Å². The van der Waals surface area contributed by atoms with E-state index in [0.29, 0.717) is 12.1 Å². The molecule has 0 spiro atoms. The molecule has 19 heavy (non-hydrogen) atoms. The van der Waals surface area contributed by atoms with E-state index in [2.05, 4.69) is 10.4 Å². The lowest BCUT2D eigenvalue weighted by Crippen LogP contribution is -2.43. The normalized spacial score (nSPS) is 23.3. The Labute approximate surface area is 112 Å². The predicted octanol–water partition coefficient (Wildman–Crippen LogP) is 2.08. The summed E-state index contributed by atoms with van der Waals surface area (Å²) in [5, 5.41) is 6.93. The second kappa shape index (κ2) is 4.68. The Hall–Kier alpha value is -1.85. The number of aromatic nitrogens is 2. The van der Waals surface area contributed by atoms with Gasteiger partial charge in [-0.25, -0.2) is 9.69 Å². The number of carbonyl (C=O) groups is 2. The maximum absolute atomic E-state index is 12.4. The largest absolute Gasteiger partial charge is 0.329 e. The molecule has 104 valence electrons. The topological polar surface area (TPSA) is 67.2 Å². The molecule has 1 aliphatic rings. The fraction of sp³-hybridized carbons (Fsp3) is 0.615. The second-order valence-corrected chi connectivity index (χ2v) is 5.43. The molecule has 0 saturated carbocycles. The smallest absolute Gasteiger partial charge is 0.323 e. The van der Waals surface area contributed by atoms with Crippen LogP contribution in [0.2, 0.25) is 0 Å². The van der Waals surface area contributed by atoms with E-state index in [1.165, 1.54) is 4.90 Å². The monoisotopic (exact) mass is 264 g/mol. The summed E-state index contributed by atoms with van der Waals surface area (Å²) in [7, 11) is 0. The first-order chi connectivity index (χ1) is 8.89. The highest BCUT2D eigenvalue weighted by Gasteiger charge is 2.48. The fourth-order valence-electron chi connectivity index (χ4n) is 2.31. The third-order valence-corrected chi connectivity index (χ3v) is 3.39. The summed E-state index contributed by atoms with van der Waals surface area (Å²) in [4.78, 5) is 25.6.